The lowest BCUT2D eigenvalue weighted by atomic mass is 10.1. The predicted octanol–water partition coefficient (Wildman–Crippen LogP) is 2.23. The number of nitrogens with one attached hydrogen (secondary N) is 1. The quantitative estimate of drug-likeness (QED) is 0.806. The maximum absolute atomic E-state index is 4.62. The summed E-state index contributed by atoms with van der Waals surface area (Å²) in [5.74, 6) is 0. The van der Waals surface area contributed by atoms with Crippen molar-refractivity contribution in [2.75, 3.05) is 13.6 Å². The van der Waals surface area contributed by atoms with Crippen LogP contribution in [0, 0.1) is 13.8 Å². The van der Waals surface area contributed by atoms with E-state index in [1.165, 1.54) is 17.0 Å². The number of likely N-dealkylation sites (N-methyl/N-ethyl adjacent to an activating group) is 1. The summed E-state index contributed by atoms with van der Waals surface area (Å²) < 4.78 is 2.17. The molecular formula is C12H23N3. The number of aryl methyl sites for hydroxylation is 1. The molecule has 0 fully saturated rings. The molecule has 1 aromatic heterocycles. The Morgan fingerprint density at radius 3 is 2.60 bits per heavy atom. The molecule has 1 unspecified atom stereocenters. The lowest BCUT2D eigenvalue weighted by Crippen LogP contribution is -2.12. The fraction of sp³-hybridized carbons (Fsp3) is 0.750. The van der Waals surface area contributed by atoms with Crippen LogP contribution in [0.15, 0.2) is 0 Å². The molecule has 1 atom stereocenters. The van der Waals surface area contributed by atoms with Gasteiger partial charge in [0.25, 0.3) is 0 Å². The van der Waals surface area contributed by atoms with Crippen LogP contribution in [0.25, 0.3) is 0 Å². The normalized spacial score (nSPS) is 13.1. The molecule has 1 rings (SSSR count). The van der Waals surface area contributed by atoms with Crippen LogP contribution in [0.5, 0.6) is 0 Å². The molecule has 0 radical (unpaired) electrons. The van der Waals surface area contributed by atoms with Gasteiger partial charge in [0.2, 0.25) is 0 Å². The Balaban J connectivity index is 2.92. The molecule has 0 saturated carbocycles. The largest absolute Gasteiger partial charge is 0.319 e. The number of hydrogen-bond acceptors (Lipinski definition) is 2. The van der Waals surface area contributed by atoms with E-state index in [1.54, 1.807) is 0 Å². The van der Waals surface area contributed by atoms with Crippen LogP contribution in [0.1, 0.15) is 43.3 Å². The highest BCUT2D eigenvalue weighted by Gasteiger charge is 2.13. The van der Waals surface area contributed by atoms with Crippen molar-refractivity contribution in [2.24, 2.45) is 0 Å². The van der Waals surface area contributed by atoms with Gasteiger partial charge in [-0.1, -0.05) is 6.92 Å². The van der Waals surface area contributed by atoms with E-state index in [0.717, 1.165) is 19.4 Å². The molecule has 86 valence electrons. The molecule has 1 heterocycles. The van der Waals surface area contributed by atoms with Gasteiger partial charge in [0.1, 0.15) is 0 Å². The summed E-state index contributed by atoms with van der Waals surface area (Å²) in [5, 5.41) is 7.81. The van der Waals surface area contributed by atoms with Crippen molar-refractivity contribution in [1.82, 2.24) is 15.1 Å². The van der Waals surface area contributed by atoms with Crippen LogP contribution < -0.4 is 5.32 Å². The molecule has 0 bridgehead atoms. The van der Waals surface area contributed by atoms with E-state index in [2.05, 4.69) is 42.8 Å². The summed E-state index contributed by atoms with van der Waals surface area (Å²) in [7, 11) is 1.99. The van der Waals surface area contributed by atoms with E-state index < -0.39 is 0 Å². The zero-order valence-corrected chi connectivity index (χ0v) is 10.6. The minimum Gasteiger partial charge on any atom is -0.319 e. The molecule has 3 nitrogen and oxygen atoms in total. The van der Waals surface area contributed by atoms with Crippen LogP contribution in [-0.2, 0) is 6.42 Å². The van der Waals surface area contributed by atoms with Gasteiger partial charge in [0.05, 0.1) is 5.69 Å². The first-order valence-corrected chi connectivity index (χ1v) is 5.81. The van der Waals surface area contributed by atoms with Gasteiger partial charge < -0.3 is 5.32 Å². The van der Waals surface area contributed by atoms with Crippen LogP contribution in [0.3, 0.4) is 0 Å². The standard InChI is InChI=1S/C12H23N3/c1-6-9(2)15-11(4)12(7-8-13-5)10(3)14-15/h9,13H,6-8H2,1-5H3. The molecular weight excluding hydrogens is 186 g/mol. The number of hydrogen-bond donors (Lipinski definition) is 1. The third kappa shape index (κ3) is 2.59. The Labute approximate surface area is 92.9 Å². The first-order chi connectivity index (χ1) is 7.11. The Bertz CT molecular complexity index is 315. The fourth-order valence-corrected chi connectivity index (χ4v) is 1.91. The maximum atomic E-state index is 4.62. The van der Waals surface area contributed by atoms with Crippen LogP contribution in [-0.4, -0.2) is 23.4 Å². The molecule has 0 aliphatic rings. The van der Waals surface area contributed by atoms with Crippen LogP contribution in [0.2, 0.25) is 0 Å². The molecule has 0 aliphatic carbocycles. The van der Waals surface area contributed by atoms with E-state index >= 15 is 0 Å². The van der Waals surface area contributed by atoms with Gasteiger partial charge in [-0.25, -0.2) is 0 Å². The van der Waals surface area contributed by atoms with E-state index in [4.69, 9.17) is 0 Å². The summed E-state index contributed by atoms with van der Waals surface area (Å²) in [4.78, 5) is 0. The zero-order valence-electron chi connectivity index (χ0n) is 10.6. The number of nitrogens with zero attached hydrogens (tertiary/aromatic N) is 2. The first kappa shape index (κ1) is 12.2. The third-order valence-electron chi connectivity index (χ3n) is 3.11. The minimum absolute atomic E-state index is 0.507. The Morgan fingerprint density at radius 1 is 1.40 bits per heavy atom. The van der Waals surface area contributed by atoms with E-state index in [1.807, 2.05) is 7.05 Å². The van der Waals surface area contributed by atoms with Crippen molar-refractivity contribution in [3.63, 3.8) is 0 Å². The highest BCUT2D eigenvalue weighted by Crippen LogP contribution is 2.19. The van der Waals surface area contributed by atoms with Gasteiger partial charge in [-0.15, -0.1) is 0 Å². The highest BCUT2D eigenvalue weighted by atomic mass is 15.3. The molecule has 3 heteroatoms. The van der Waals surface area contributed by atoms with E-state index in [-0.39, 0.29) is 0 Å². The lowest BCUT2D eigenvalue weighted by molar-refractivity contribution is 0.465. The molecule has 0 spiro atoms. The van der Waals surface area contributed by atoms with Gasteiger partial charge >= 0.3 is 0 Å². The van der Waals surface area contributed by atoms with Gasteiger partial charge in [-0.2, -0.15) is 5.10 Å². The topological polar surface area (TPSA) is 29.9 Å². The molecule has 0 aliphatic heterocycles. The second-order valence-electron chi connectivity index (χ2n) is 4.20. The van der Waals surface area contributed by atoms with Crippen LogP contribution >= 0.6 is 0 Å². The molecule has 0 aromatic carbocycles. The van der Waals surface area contributed by atoms with Gasteiger partial charge in [-0.3, -0.25) is 4.68 Å². The zero-order chi connectivity index (χ0) is 11.4. The summed E-state index contributed by atoms with van der Waals surface area (Å²) >= 11 is 0. The van der Waals surface area contributed by atoms with Gasteiger partial charge in [0, 0.05) is 11.7 Å². The van der Waals surface area contributed by atoms with Crippen molar-refractivity contribution in [2.45, 2.75) is 46.6 Å². The van der Waals surface area contributed by atoms with Crippen molar-refractivity contribution in [1.29, 1.82) is 0 Å². The smallest absolute Gasteiger partial charge is 0.0629 e. The lowest BCUT2D eigenvalue weighted by Gasteiger charge is -2.11. The second kappa shape index (κ2) is 5.31. The fourth-order valence-electron chi connectivity index (χ4n) is 1.91. The molecule has 0 saturated heterocycles. The summed E-state index contributed by atoms with van der Waals surface area (Å²) in [6.07, 6.45) is 2.21. The summed E-state index contributed by atoms with van der Waals surface area (Å²) in [5.41, 5.74) is 3.92. The highest BCUT2D eigenvalue weighted by molar-refractivity contribution is 5.25. The Kier molecular flexibility index (Phi) is 4.33. The van der Waals surface area contributed by atoms with Crippen molar-refractivity contribution < 1.29 is 0 Å². The molecule has 0 amide bonds. The average Bonchev–Trinajstić information content (AvgIpc) is 2.51. The predicted molar refractivity (Wildman–Crippen MR) is 64.3 cm³/mol. The number of aromatic nitrogens is 2. The van der Waals surface area contributed by atoms with Crippen LogP contribution in [0.4, 0.5) is 0 Å². The number of rotatable bonds is 5. The van der Waals surface area contributed by atoms with Gasteiger partial charge in [-0.05, 0) is 52.8 Å². The van der Waals surface area contributed by atoms with Crippen molar-refractivity contribution >= 4 is 0 Å². The molecule has 1 aromatic rings. The minimum atomic E-state index is 0.507. The average molecular weight is 209 g/mol. The first-order valence-electron chi connectivity index (χ1n) is 5.81. The molecule has 15 heavy (non-hydrogen) atoms. The monoisotopic (exact) mass is 209 g/mol. The van der Waals surface area contributed by atoms with Crippen molar-refractivity contribution in [3.8, 4) is 0 Å². The maximum Gasteiger partial charge on any atom is 0.0629 e. The van der Waals surface area contributed by atoms with E-state index in [0.29, 0.717) is 6.04 Å². The SMILES string of the molecule is CCC(C)n1nc(C)c(CCNC)c1C. The Morgan fingerprint density at radius 2 is 2.07 bits per heavy atom. The van der Waals surface area contributed by atoms with Crippen molar-refractivity contribution in [3.05, 3.63) is 17.0 Å². The summed E-state index contributed by atoms with van der Waals surface area (Å²) in [6.45, 7) is 9.73. The van der Waals surface area contributed by atoms with Gasteiger partial charge in [0.15, 0.2) is 0 Å². The third-order valence-corrected chi connectivity index (χ3v) is 3.11. The van der Waals surface area contributed by atoms with E-state index in [9.17, 15) is 0 Å². The molecule has 1 N–H and O–H groups in total. The Hall–Kier alpha value is -0.830. The summed E-state index contributed by atoms with van der Waals surface area (Å²) in [6, 6.07) is 0.507. The second-order valence-corrected chi connectivity index (χ2v) is 4.20.